The summed E-state index contributed by atoms with van der Waals surface area (Å²) in [6, 6.07) is 9.83. The Morgan fingerprint density at radius 1 is 1.16 bits per heavy atom. The van der Waals surface area contributed by atoms with E-state index in [1.54, 1.807) is 4.68 Å². The van der Waals surface area contributed by atoms with Gasteiger partial charge in [0.25, 0.3) is 0 Å². The normalized spacial score (nSPS) is 10.6. The van der Waals surface area contributed by atoms with Gasteiger partial charge in [-0.2, -0.15) is 4.68 Å². The molecule has 0 spiro atoms. The highest BCUT2D eigenvalue weighted by Crippen LogP contribution is 2.14. The van der Waals surface area contributed by atoms with E-state index in [1.165, 1.54) is 0 Å². The molecule has 0 amide bonds. The first-order valence-electron chi connectivity index (χ1n) is 6.48. The summed E-state index contributed by atoms with van der Waals surface area (Å²) < 4.78 is 1.73. The Hall–Kier alpha value is -1.95. The lowest BCUT2D eigenvalue weighted by Gasteiger charge is -2.17. The highest BCUT2D eigenvalue weighted by molar-refractivity contribution is 5.39. The van der Waals surface area contributed by atoms with Gasteiger partial charge in [0.2, 0.25) is 5.95 Å². The Bertz CT molecular complexity index is 485. The van der Waals surface area contributed by atoms with Crippen molar-refractivity contribution in [3.8, 4) is 5.69 Å². The molecular formula is C13H19N5O. The Balaban J connectivity index is 2.03. The minimum atomic E-state index is 0.255. The van der Waals surface area contributed by atoms with E-state index in [-0.39, 0.29) is 6.61 Å². The minimum absolute atomic E-state index is 0.255. The van der Waals surface area contributed by atoms with Crippen molar-refractivity contribution in [1.82, 2.24) is 20.2 Å². The van der Waals surface area contributed by atoms with Gasteiger partial charge in [-0.3, -0.25) is 0 Å². The van der Waals surface area contributed by atoms with Crippen LogP contribution in [0.3, 0.4) is 0 Å². The van der Waals surface area contributed by atoms with E-state index in [1.807, 2.05) is 42.3 Å². The van der Waals surface area contributed by atoms with Crippen LogP contribution in [0.5, 0.6) is 0 Å². The van der Waals surface area contributed by atoms with Gasteiger partial charge in [-0.1, -0.05) is 23.3 Å². The number of hydrogen-bond acceptors (Lipinski definition) is 5. The molecule has 6 heteroatoms. The van der Waals surface area contributed by atoms with Gasteiger partial charge in [0, 0.05) is 20.2 Å². The van der Waals surface area contributed by atoms with Crippen molar-refractivity contribution in [2.75, 3.05) is 25.1 Å². The summed E-state index contributed by atoms with van der Waals surface area (Å²) in [4.78, 5) is 2.03. The van der Waals surface area contributed by atoms with Gasteiger partial charge in [0.05, 0.1) is 5.69 Å². The van der Waals surface area contributed by atoms with Gasteiger partial charge >= 0.3 is 0 Å². The number of hydrogen-bond donors (Lipinski definition) is 1. The number of anilines is 1. The largest absolute Gasteiger partial charge is 0.396 e. The van der Waals surface area contributed by atoms with Crippen molar-refractivity contribution in [3.63, 3.8) is 0 Å². The smallest absolute Gasteiger partial charge is 0.250 e. The first kappa shape index (κ1) is 13.5. The number of benzene rings is 1. The molecule has 0 fully saturated rings. The third-order valence-electron chi connectivity index (χ3n) is 2.95. The Morgan fingerprint density at radius 2 is 1.95 bits per heavy atom. The van der Waals surface area contributed by atoms with Crippen LogP contribution in [-0.2, 0) is 0 Å². The highest BCUT2D eigenvalue weighted by Gasteiger charge is 2.11. The van der Waals surface area contributed by atoms with Crippen molar-refractivity contribution in [2.45, 2.75) is 19.3 Å². The molecule has 0 aliphatic carbocycles. The molecule has 19 heavy (non-hydrogen) atoms. The number of aliphatic hydroxyl groups is 1. The molecule has 0 saturated carbocycles. The van der Waals surface area contributed by atoms with Crippen LogP contribution in [0.2, 0.25) is 0 Å². The lowest BCUT2D eigenvalue weighted by Crippen LogP contribution is -2.22. The fourth-order valence-corrected chi connectivity index (χ4v) is 1.89. The molecule has 1 aromatic heterocycles. The van der Waals surface area contributed by atoms with Crippen LogP contribution in [0.15, 0.2) is 30.3 Å². The molecule has 0 aliphatic heterocycles. The van der Waals surface area contributed by atoms with Gasteiger partial charge in [0.1, 0.15) is 0 Å². The number of nitrogens with zero attached hydrogens (tertiary/aromatic N) is 5. The summed E-state index contributed by atoms with van der Waals surface area (Å²) in [6.07, 6.45) is 2.86. The van der Waals surface area contributed by atoms with E-state index >= 15 is 0 Å². The quantitative estimate of drug-likeness (QED) is 0.760. The predicted octanol–water partition coefficient (Wildman–Crippen LogP) is 1.26. The molecule has 1 N–H and O–H groups in total. The van der Waals surface area contributed by atoms with Gasteiger partial charge in [0.15, 0.2) is 0 Å². The lowest BCUT2D eigenvalue weighted by atomic mass is 10.2. The molecule has 0 unspecified atom stereocenters. The molecule has 0 radical (unpaired) electrons. The van der Waals surface area contributed by atoms with Crippen LogP contribution in [0.1, 0.15) is 19.3 Å². The number of rotatable bonds is 7. The summed E-state index contributed by atoms with van der Waals surface area (Å²) in [5.74, 6) is 0.732. The van der Waals surface area contributed by atoms with Crippen LogP contribution < -0.4 is 4.90 Å². The zero-order valence-electron chi connectivity index (χ0n) is 11.1. The maximum absolute atomic E-state index is 8.76. The van der Waals surface area contributed by atoms with E-state index in [2.05, 4.69) is 15.5 Å². The van der Waals surface area contributed by atoms with E-state index in [9.17, 15) is 0 Å². The summed E-state index contributed by atoms with van der Waals surface area (Å²) in [5, 5.41) is 20.6. The first-order chi connectivity index (χ1) is 9.33. The Morgan fingerprint density at radius 3 is 2.68 bits per heavy atom. The monoisotopic (exact) mass is 261 g/mol. The second-order valence-corrected chi connectivity index (χ2v) is 4.43. The van der Waals surface area contributed by atoms with Crippen LogP contribution in [0.4, 0.5) is 5.95 Å². The fourth-order valence-electron chi connectivity index (χ4n) is 1.89. The molecule has 102 valence electrons. The van der Waals surface area contributed by atoms with Crippen molar-refractivity contribution >= 4 is 5.95 Å². The van der Waals surface area contributed by atoms with E-state index < -0.39 is 0 Å². The zero-order chi connectivity index (χ0) is 13.5. The first-order valence-corrected chi connectivity index (χ1v) is 6.48. The van der Waals surface area contributed by atoms with Crippen molar-refractivity contribution in [2.24, 2.45) is 0 Å². The van der Waals surface area contributed by atoms with E-state index in [0.29, 0.717) is 0 Å². The third-order valence-corrected chi connectivity index (χ3v) is 2.95. The summed E-state index contributed by atoms with van der Waals surface area (Å²) in [5.41, 5.74) is 0.949. The topological polar surface area (TPSA) is 67.1 Å². The molecule has 6 nitrogen and oxygen atoms in total. The average Bonchev–Trinajstić information content (AvgIpc) is 2.94. The molecule has 2 aromatic rings. The van der Waals surface area contributed by atoms with E-state index in [0.717, 1.165) is 37.4 Å². The maximum Gasteiger partial charge on any atom is 0.250 e. The molecule has 0 atom stereocenters. The molecule has 2 rings (SSSR count). The molecular weight excluding hydrogens is 242 g/mol. The van der Waals surface area contributed by atoms with Gasteiger partial charge < -0.3 is 10.0 Å². The fraction of sp³-hybridized carbons (Fsp3) is 0.462. The average molecular weight is 261 g/mol. The summed E-state index contributed by atoms with van der Waals surface area (Å²) in [6.45, 7) is 1.12. The van der Waals surface area contributed by atoms with Crippen molar-refractivity contribution in [3.05, 3.63) is 30.3 Å². The molecule has 0 aliphatic rings. The molecule has 0 saturated heterocycles. The van der Waals surface area contributed by atoms with Crippen molar-refractivity contribution < 1.29 is 5.11 Å². The molecule has 1 heterocycles. The number of tetrazole rings is 1. The number of aromatic nitrogens is 4. The molecule has 0 bridgehead atoms. The lowest BCUT2D eigenvalue weighted by molar-refractivity contribution is 0.283. The zero-order valence-corrected chi connectivity index (χ0v) is 11.1. The summed E-state index contributed by atoms with van der Waals surface area (Å²) >= 11 is 0. The Labute approximate surface area is 112 Å². The molecule has 1 aromatic carbocycles. The third kappa shape index (κ3) is 3.51. The van der Waals surface area contributed by atoms with Crippen LogP contribution in [0, 0.1) is 0 Å². The summed E-state index contributed by atoms with van der Waals surface area (Å²) in [7, 11) is 1.98. The minimum Gasteiger partial charge on any atom is -0.396 e. The highest BCUT2D eigenvalue weighted by atomic mass is 16.2. The van der Waals surface area contributed by atoms with Gasteiger partial charge in [-0.15, -0.1) is 0 Å². The number of para-hydroxylation sites is 1. The number of unbranched alkanes of at least 4 members (excludes halogenated alkanes) is 2. The standard InChI is InChI=1S/C13H19N5O/c1-17(10-6-3-7-11-19)13-14-15-16-18(13)12-8-4-2-5-9-12/h2,4-5,8-9,19H,3,6-7,10-11H2,1H3. The maximum atomic E-state index is 8.76. The second kappa shape index (κ2) is 6.84. The van der Waals surface area contributed by atoms with Crippen LogP contribution >= 0.6 is 0 Å². The Kier molecular flexibility index (Phi) is 4.85. The van der Waals surface area contributed by atoms with Crippen LogP contribution in [-0.4, -0.2) is 45.5 Å². The van der Waals surface area contributed by atoms with Gasteiger partial charge in [-0.05, 0) is 41.8 Å². The number of aliphatic hydroxyl groups excluding tert-OH is 1. The van der Waals surface area contributed by atoms with Crippen LogP contribution in [0.25, 0.3) is 5.69 Å². The predicted molar refractivity (Wildman–Crippen MR) is 73.4 cm³/mol. The SMILES string of the molecule is CN(CCCCCO)c1nnnn1-c1ccccc1. The van der Waals surface area contributed by atoms with Crippen molar-refractivity contribution in [1.29, 1.82) is 0 Å². The van der Waals surface area contributed by atoms with Gasteiger partial charge in [-0.25, -0.2) is 0 Å². The second-order valence-electron chi connectivity index (χ2n) is 4.43. The van der Waals surface area contributed by atoms with E-state index in [4.69, 9.17) is 5.11 Å².